The Morgan fingerprint density at radius 1 is 1.33 bits per heavy atom. The quantitative estimate of drug-likeness (QED) is 0.518. The maximum atomic E-state index is 11.0. The van der Waals surface area contributed by atoms with Crippen molar-refractivity contribution < 1.29 is 24.6 Å². The number of carboxylic acids is 2. The zero-order valence-corrected chi connectivity index (χ0v) is 8.10. The minimum absolute atomic E-state index is 0.0108. The molecular weight excluding hydrogens is 202 g/mol. The highest BCUT2D eigenvalue weighted by atomic mass is 16.4. The molecule has 84 valence electrons. The first kappa shape index (κ1) is 13.2. The molecule has 1 amide bonds. The van der Waals surface area contributed by atoms with Gasteiger partial charge in [-0.05, 0) is 6.42 Å². The number of aliphatic carboxylic acids is 2. The Kier molecular flexibility index (Phi) is 5.77. The molecule has 0 aromatic rings. The summed E-state index contributed by atoms with van der Waals surface area (Å²) < 4.78 is 0. The topological polar surface area (TPSA) is 104 Å². The third-order valence-corrected chi connectivity index (χ3v) is 1.61. The Morgan fingerprint density at radius 2 is 1.93 bits per heavy atom. The predicted molar refractivity (Wildman–Crippen MR) is 51.3 cm³/mol. The lowest BCUT2D eigenvalue weighted by atomic mass is 10.1. The fourth-order valence-corrected chi connectivity index (χ4v) is 0.910. The van der Waals surface area contributed by atoms with Crippen molar-refractivity contribution in [1.82, 2.24) is 5.32 Å². The lowest BCUT2D eigenvalue weighted by molar-refractivity contribution is -0.143. The Morgan fingerprint density at radius 3 is 2.33 bits per heavy atom. The van der Waals surface area contributed by atoms with E-state index in [0.717, 1.165) is 0 Å². The van der Waals surface area contributed by atoms with Crippen LogP contribution in [0.5, 0.6) is 0 Å². The number of carbonyl (C=O) groups is 3. The van der Waals surface area contributed by atoms with Crippen molar-refractivity contribution in [2.24, 2.45) is 0 Å². The second-order valence-electron chi connectivity index (χ2n) is 2.88. The summed E-state index contributed by atoms with van der Waals surface area (Å²) in [5.41, 5.74) is 0. The zero-order chi connectivity index (χ0) is 11.8. The first-order chi connectivity index (χ1) is 6.97. The number of carbonyl (C=O) groups excluding carboxylic acids is 1. The van der Waals surface area contributed by atoms with Gasteiger partial charge in [-0.25, -0.2) is 4.79 Å². The maximum absolute atomic E-state index is 11.0. The first-order valence-corrected chi connectivity index (χ1v) is 4.32. The average Bonchev–Trinajstić information content (AvgIpc) is 2.11. The van der Waals surface area contributed by atoms with E-state index in [1.54, 1.807) is 0 Å². The molecule has 0 rings (SSSR count). The molecule has 0 aromatic heterocycles. The van der Waals surface area contributed by atoms with E-state index in [2.05, 4.69) is 11.9 Å². The van der Waals surface area contributed by atoms with Gasteiger partial charge in [0.15, 0.2) is 0 Å². The van der Waals surface area contributed by atoms with E-state index < -0.39 is 23.9 Å². The normalized spacial score (nSPS) is 11.5. The van der Waals surface area contributed by atoms with E-state index in [0.29, 0.717) is 0 Å². The lowest BCUT2D eigenvalue weighted by Crippen LogP contribution is -2.40. The van der Waals surface area contributed by atoms with Crippen molar-refractivity contribution in [3.05, 3.63) is 12.7 Å². The van der Waals surface area contributed by atoms with Crippen molar-refractivity contribution in [3.63, 3.8) is 0 Å². The summed E-state index contributed by atoms with van der Waals surface area (Å²) in [5, 5.41) is 19.2. The van der Waals surface area contributed by atoms with Crippen LogP contribution in [0, 0.1) is 0 Å². The first-order valence-electron chi connectivity index (χ1n) is 4.32. The smallest absolute Gasteiger partial charge is 0.326 e. The summed E-state index contributed by atoms with van der Waals surface area (Å²) in [4.78, 5) is 31.8. The SMILES string of the molecule is C=CCC(=O)NC(CCC(=O)O)C(=O)O. The van der Waals surface area contributed by atoms with E-state index in [1.807, 2.05) is 0 Å². The molecule has 0 aliphatic carbocycles. The molecule has 0 aliphatic rings. The molecule has 15 heavy (non-hydrogen) atoms. The summed E-state index contributed by atoms with van der Waals surface area (Å²) in [6.45, 7) is 3.32. The average molecular weight is 215 g/mol. The van der Waals surface area contributed by atoms with Crippen LogP contribution in [-0.4, -0.2) is 34.1 Å². The van der Waals surface area contributed by atoms with Crippen LogP contribution in [0.1, 0.15) is 19.3 Å². The fraction of sp³-hybridized carbons (Fsp3) is 0.444. The van der Waals surface area contributed by atoms with Crippen LogP contribution in [0.15, 0.2) is 12.7 Å². The lowest BCUT2D eigenvalue weighted by Gasteiger charge is -2.12. The molecule has 3 N–H and O–H groups in total. The Labute approximate surface area is 86.6 Å². The van der Waals surface area contributed by atoms with Gasteiger partial charge in [0.05, 0.1) is 0 Å². The van der Waals surface area contributed by atoms with Crippen molar-refractivity contribution in [1.29, 1.82) is 0 Å². The van der Waals surface area contributed by atoms with E-state index in [9.17, 15) is 14.4 Å². The second kappa shape index (κ2) is 6.58. The monoisotopic (exact) mass is 215 g/mol. The molecule has 0 spiro atoms. The highest BCUT2D eigenvalue weighted by molar-refractivity contribution is 5.84. The summed E-state index contributed by atoms with van der Waals surface area (Å²) in [6.07, 6.45) is 0.918. The van der Waals surface area contributed by atoms with Gasteiger partial charge in [0.1, 0.15) is 6.04 Å². The highest BCUT2D eigenvalue weighted by Crippen LogP contribution is 1.98. The Bertz CT molecular complexity index is 274. The molecule has 0 aromatic carbocycles. The van der Waals surface area contributed by atoms with E-state index in [-0.39, 0.29) is 19.3 Å². The van der Waals surface area contributed by atoms with E-state index in [4.69, 9.17) is 10.2 Å². The van der Waals surface area contributed by atoms with Crippen LogP contribution in [0.2, 0.25) is 0 Å². The molecule has 1 unspecified atom stereocenters. The summed E-state index contributed by atoms with van der Waals surface area (Å²) >= 11 is 0. The van der Waals surface area contributed by atoms with Crippen molar-refractivity contribution in [3.8, 4) is 0 Å². The van der Waals surface area contributed by atoms with Gasteiger partial charge in [-0.3, -0.25) is 9.59 Å². The van der Waals surface area contributed by atoms with Gasteiger partial charge in [-0.1, -0.05) is 6.08 Å². The van der Waals surface area contributed by atoms with E-state index >= 15 is 0 Å². The van der Waals surface area contributed by atoms with Crippen LogP contribution >= 0.6 is 0 Å². The molecule has 0 heterocycles. The molecule has 0 fully saturated rings. The van der Waals surface area contributed by atoms with E-state index in [1.165, 1.54) is 6.08 Å². The van der Waals surface area contributed by atoms with Crippen LogP contribution in [0.4, 0.5) is 0 Å². The van der Waals surface area contributed by atoms with Gasteiger partial charge in [0, 0.05) is 12.8 Å². The second-order valence-corrected chi connectivity index (χ2v) is 2.88. The zero-order valence-electron chi connectivity index (χ0n) is 8.10. The molecule has 1 atom stereocenters. The summed E-state index contributed by atoms with van der Waals surface area (Å²) in [7, 11) is 0. The fourth-order valence-electron chi connectivity index (χ4n) is 0.910. The third kappa shape index (κ3) is 6.25. The molecular formula is C9H13NO5. The molecule has 0 aliphatic heterocycles. The van der Waals surface area contributed by atoms with Gasteiger partial charge in [-0.15, -0.1) is 6.58 Å². The Hall–Kier alpha value is -1.85. The van der Waals surface area contributed by atoms with Crippen LogP contribution in [0.25, 0.3) is 0 Å². The minimum Gasteiger partial charge on any atom is -0.481 e. The van der Waals surface area contributed by atoms with Crippen LogP contribution in [0.3, 0.4) is 0 Å². The molecule has 0 bridgehead atoms. The molecule has 6 nitrogen and oxygen atoms in total. The Balaban J connectivity index is 4.15. The number of carboxylic acid groups (broad SMARTS) is 2. The third-order valence-electron chi connectivity index (χ3n) is 1.61. The van der Waals surface area contributed by atoms with Crippen molar-refractivity contribution >= 4 is 17.8 Å². The molecule has 0 radical (unpaired) electrons. The molecule has 0 saturated heterocycles. The maximum Gasteiger partial charge on any atom is 0.326 e. The van der Waals surface area contributed by atoms with Crippen LogP contribution < -0.4 is 5.32 Å². The number of amides is 1. The van der Waals surface area contributed by atoms with Gasteiger partial charge < -0.3 is 15.5 Å². The summed E-state index contributed by atoms with van der Waals surface area (Å²) in [5.74, 6) is -2.82. The standard InChI is InChI=1S/C9H13NO5/c1-2-3-7(11)10-6(9(14)15)4-5-8(12)13/h2,6H,1,3-5H2,(H,10,11)(H,12,13)(H,14,15). The van der Waals surface area contributed by atoms with Gasteiger partial charge in [0.2, 0.25) is 5.91 Å². The largest absolute Gasteiger partial charge is 0.481 e. The number of nitrogens with one attached hydrogen (secondary N) is 1. The van der Waals surface area contributed by atoms with Crippen molar-refractivity contribution in [2.45, 2.75) is 25.3 Å². The number of rotatable bonds is 7. The van der Waals surface area contributed by atoms with Crippen LogP contribution in [-0.2, 0) is 14.4 Å². The van der Waals surface area contributed by atoms with Crippen molar-refractivity contribution in [2.75, 3.05) is 0 Å². The van der Waals surface area contributed by atoms with Gasteiger partial charge in [0.25, 0.3) is 0 Å². The van der Waals surface area contributed by atoms with Gasteiger partial charge in [-0.2, -0.15) is 0 Å². The van der Waals surface area contributed by atoms with Gasteiger partial charge >= 0.3 is 11.9 Å². The minimum atomic E-state index is -1.24. The number of hydrogen-bond acceptors (Lipinski definition) is 3. The molecule has 6 heteroatoms. The number of hydrogen-bond donors (Lipinski definition) is 3. The summed E-state index contributed by atoms with van der Waals surface area (Å²) in [6, 6.07) is -1.16. The highest BCUT2D eigenvalue weighted by Gasteiger charge is 2.19. The predicted octanol–water partition coefficient (Wildman–Crippen LogP) is -0.00330. The molecule has 0 saturated carbocycles.